The molecule has 0 atom stereocenters. The summed E-state index contributed by atoms with van der Waals surface area (Å²) >= 11 is 5.97. The summed E-state index contributed by atoms with van der Waals surface area (Å²) in [6, 6.07) is 13.9. The van der Waals surface area contributed by atoms with E-state index in [2.05, 4.69) is 15.2 Å². The summed E-state index contributed by atoms with van der Waals surface area (Å²) in [4.78, 5) is 27.9. The average Bonchev–Trinajstić information content (AvgIpc) is 3.02. The van der Waals surface area contributed by atoms with Crippen molar-refractivity contribution in [3.63, 3.8) is 0 Å². The zero-order valence-electron chi connectivity index (χ0n) is 17.6. The van der Waals surface area contributed by atoms with Crippen LogP contribution in [0.15, 0.2) is 48.5 Å². The number of rotatable bonds is 5. The number of carbonyl (C=O) groups excluding carboxylic acids is 1. The number of aromatic nitrogens is 3. The molecule has 0 spiro atoms. The van der Waals surface area contributed by atoms with Crippen LogP contribution in [-0.2, 0) is 6.54 Å². The fourth-order valence-corrected chi connectivity index (χ4v) is 3.97. The van der Waals surface area contributed by atoms with E-state index in [0.29, 0.717) is 24.5 Å². The number of hydrogen-bond acceptors (Lipinski definition) is 6. The molecule has 0 unspecified atom stereocenters. The predicted octanol–water partition coefficient (Wildman–Crippen LogP) is 3.49. The Hall–Kier alpha value is -3.30. The van der Waals surface area contributed by atoms with Crippen molar-refractivity contribution >= 4 is 23.2 Å². The molecule has 0 aliphatic carbocycles. The molecular weight excluding hydrogens is 432 g/mol. The van der Waals surface area contributed by atoms with Gasteiger partial charge in [0.05, 0.1) is 16.3 Å². The normalized spacial score (nSPS) is 14.9. The fraction of sp³-hybridized carbons (Fsp3) is 0.318. The lowest BCUT2D eigenvalue weighted by molar-refractivity contribution is -0.384. The van der Waals surface area contributed by atoms with Gasteiger partial charge in [-0.3, -0.25) is 19.8 Å². The summed E-state index contributed by atoms with van der Waals surface area (Å²) in [6.07, 6.45) is 0.859. The minimum atomic E-state index is -0.463. The highest BCUT2D eigenvalue weighted by molar-refractivity contribution is 6.30. The van der Waals surface area contributed by atoms with Crippen LogP contribution < -0.4 is 0 Å². The molecule has 1 aromatic heterocycles. The molecule has 0 radical (unpaired) electrons. The fourth-order valence-electron chi connectivity index (χ4n) is 3.84. The van der Waals surface area contributed by atoms with Gasteiger partial charge in [0.2, 0.25) is 0 Å². The zero-order valence-corrected chi connectivity index (χ0v) is 18.4. The Morgan fingerprint density at radius 3 is 2.66 bits per heavy atom. The van der Waals surface area contributed by atoms with Crippen molar-refractivity contribution in [3.8, 4) is 5.69 Å². The first-order valence-corrected chi connectivity index (χ1v) is 10.7. The summed E-state index contributed by atoms with van der Waals surface area (Å²) < 4.78 is 1.46. The molecule has 9 nitrogen and oxygen atoms in total. The monoisotopic (exact) mass is 454 g/mol. The molecule has 3 aromatic rings. The maximum Gasteiger partial charge on any atom is 0.276 e. The van der Waals surface area contributed by atoms with Crippen LogP contribution in [0.2, 0.25) is 5.02 Å². The molecule has 0 N–H and O–H groups in total. The van der Waals surface area contributed by atoms with E-state index in [1.807, 2.05) is 24.3 Å². The highest BCUT2D eigenvalue weighted by Gasteiger charge is 2.25. The molecule has 32 heavy (non-hydrogen) atoms. The van der Waals surface area contributed by atoms with Crippen LogP contribution in [0.1, 0.15) is 28.2 Å². The second kappa shape index (κ2) is 9.46. The van der Waals surface area contributed by atoms with Crippen LogP contribution >= 0.6 is 11.6 Å². The van der Waals surface area contributed by atoms with Gasteiger partial charge in [0.1, 0.15) is 0 Å². The number of halogens is 1. The van der Waals surface area contributed by atoms with E-state index >= 15 is 0 Å². The molecule has 2 aromatic carbocycles. The van der Waals surface area contributed by atoms with E-state index in [-0.39, 0.29) is 17.3 Å². The summed E-state index contributed by atoms with van der Waals surface area (Å²) in [5.41, 5.74) is 2.46. The summed E-state index contributed by atoms with van der Waals surface area (Å²) in [5, 5.41) is 20.0. The highest BCUT2D eigenvalue weighted by atomic mass is 35.5. The molecule has 0 saturated carbocycles. The van der Waals surface area contributed by atoms with E-state index in [0.717, 1.165) is 31.1 Å². The number of nitrogens with zero attached hydrogens (tertiary/aromatic N) is 6. The number of hydrogen-bond donors (Lipinski definition) is 0. The SMILES string of the molecule is Cc1c(C(=O)N2CCCN(Cc3ccc(Cl)cc3)CC2)nnn1-c1cccc([N+](=O)[O-])c1. The molecule has 1 fully saturated rings. The van der Waals surface area contributed by atoms with Gasteiger partial charge in [-0.15, -0.1) is 5.10 Å². The van der Waals surface area contributed by atoms with Crippen LogP contribution in [0, 0.1) is 17.0 Å². The molecule has 1 aliphatic rings. The van der Waals surface area contributed by atoms with E-state index in [1.54, 1.807) is 24.0 Å². The van der Waals surface area contributed by atoms with Crippen molar-refractivity contribution in [1.82, 2.24) is 24.8 Å². The van der Waals surface area contributed by atoms with Gasteiger partial charge in [0.25, 0.3) is 11.6 Å². The molecule has 1 amide bonds. The van der Waals surface area contributed by atoms with Gasteiger partial charge >= 0.3 is 0 Å². The van der Waals surface area contributed by atoms with Crippen LogP contribution in [-0.4, -0.2) is 61.8 Å². The molecule has 4 rings (SSSR count). The summed E-state index contributed by atoms with van der Waals surface area (Å²) in [7, 11) is 0. The van der Waals surface area contributed by atoms with E-state index < -0.39 is 4.92 Å². The Morgan fingerprint density at radius 1 is 1.12 bits per heavy atom. The number of nitro benzene ring substituents is 1. The Labute approximate surface area is 190 Å². The topological polar surface area (TPSA) is 97.4 Å². The smallest absolute Gasteiger partial charge is 0.276 e. The average molecular weight is 455 g/mol. The van der Waals surface area contributed by atoms with E-state index in [1.165, 1.54) is 22.4 Å². The Bertz CT molecular complexity index is 1130. The molecular formula is C22H23ClN6O3. The van der Waals surface area contributed by atoms with Crippen molar-refractivity contribution in [2.45, 2.75) is 19.9 Å². The predicted molar refractivity (Wildman–Crippen MR) is 120 cm³/mol. The molecule has 1 saturated heterocycles. The van der Waals surface area contributed by atoms with Gasteiger partial charge in [0.15, 0.2) is 5.69 Å². The third-order valence-corrected chi connectivity index (χ3v) is 5.83. The highest BCUT2D eigenvalue weighted by Crippen LogP contribution is 2.20. The van der Waals surface area contributed by atoms with Crippen LogP contribution in [0.25, 0.3) is 5.69 Å². The second-order valence-electron chi connectivity index (χ2n) is 7.76. The lowest BCUT2D eigenvalue weighted by atomic mass is 10.2. The largest absolute Gasteiger partial charge is 0.336 e. The Balaban J connectivity index is 1.45. The standard InChI is InChI=1S/C22H23ClN6O3/c1-16-21(24-25-28(16)19-4-2-5-20(14-19)29(31)32)22(30)27-11-3-10-26(12-13-27)15-17-6-8-18(23)9-7-17/h2,4-9,14H,3,10-13,15H2,1H3. The maximum atomic E-state index is 13.2. The van der Waals surface area contributed by atoms with Gasteiger partial charge in [-0.25, -0.2) is 4.68 Å². The quantitative estimate of drug-likeness (QED) is 0.432. The molecule has 10 heteroatoms. The lowest BCUT2D eigenvalue weighted by Gasteiger charge is -2.21. The number of non-ortho nitro benzene ring substituents is 1. The third kappa shape index (κ3) is 4.79. The Kier molecular flexibility index (Phi) is 6.48. The zero-order chi connectivity index (χ0) is 22.7. The molecule has 2 heterocycles. The molecule has 1 aliphatic heterocycles. The maximum absolute atomic E-state index is 13.2. The van der Waals surface area contributed by atoms with Gasteiger partial charge in [-0.1, -0.05) is 35.0 Å². The first kappa shape index (κ1) is 21.9. The van der Waals surface area contributed by atoms with Crippen LogP contribution in [0.5, 0.6) is 0 Å². The third-order valence-electron chi connectivity index (χ3n) is 5.58. The Morgan fingerprint density at radius 2 is 1.91 bits per heavy atom. The van der Waals surface area contributed by atoms with Crippen LogP contribution in [0.3, 0.4) is 0 Å². The lowest BCUT2D eigenvalue weighted by Crippen LogP contribution is -2.35. The van der Waals surface area contributed by atoms with Crippen molar-refractivity contribution < 1.29 is 9.72 Å². The van der Waals surface area contributed by atoms with Crippen molar-refractivity contribution in [1.29, 1.82) is 0 Å². The van der Waals surface area contributed by atoms with Crippen LogP contribution in [0.4, 0.5) is 5.69 Å². The number of nitro groups is 1. The van der Waals surface area contributed by atoms with Gasteiger partial charge in [-0.2, -0.15) is 0 Å². The second-order valence-corrected chi connectivity index (χ2v) is 8.20. The molecule has 0 bridgehead atoms. The summed E-state index contributed by atoms with van der Waals surface area (Å²) in [6.45, 7) is 5.44. The first-order chi connectivity index (χ1) is 15.4. The number of amides is 1. The summed E-state index contributed by atoms with van der Waals surface area (Å²) in [5.74, 6) is -0.174. The minimum absolute atomic E-state index is 0.0430. The van der Waals surface area contributed by atoms with Crippen molar-refractivity contribution in [2.75, 3.05) is 26.2 Å². The van der Waals surface area contributed by atoms with Gasteiger partial charge in [-0.05, 0) is 37.1 Å². The van der Waals surface area contributed by atoms with Crippen molar-refractivity contribution in [3.05, 3.63) is 80.6 Å². The van der Waals surface area contributed by atoms with E-state index in [9.17, 15) is 14.9 Å². The number of carbonyl (C=O) groups is 1. The number of benzene rings is 2. The van der Waals surface area contributed by atoms with Crippen molar-refractivity contribution in [2.24, 2.45) is 0 Å². The van der Waals surface area contributed by atoms with Gasteiger partial charge in [0, 0.05) is 49.9 Å². The van der Waals surface area contributed by atoms with E-state index in [4.69, 9.17) is 11.6 Å². The molecule has 166 valence electrons. The minimum Gasteiger partial charge on any atom is -0.336 e. The first-order valence-electron chi connectivity index (χ1n) is 10.4. The van der Waals surface area contributed by atoms with Gasteiger partial charge < -0.3 is 4.90 Å².